The Morgan fingerprint density at radius 1 is 0.682 bits per heavy atom. The van der Waals surface area contributed by atoms with Gasteiger partial charge >= 0.3 is 18.3 Å². The molecule has 0 spiro atoms. The Balaban J connectivity index is 2.68. The number of hydrogen-bond donors (Lipinski definition) is 2. The maximum Gasteiger partial charge on any atom is 0.410 e. The molecule has 1 heterocycles. The van der Waals surface area contributed by atoms with Crippen molar-refractivity contribution >= 4 is 35.8 Å². The van der Waals surface area contributed by atoms with Gasteiger partial charge in [-0.3, -0.25) is 4.79 Å². The van der Waals surface area contributed by atoms with E-state index in [0.29, 0.717) is 75.7 Å². The summed E-state index contributed by atoms with van der Waals surface area (Å²) < 4.78 is 16.4. The van der Waals surface area contributed by atoms with E-state index in [2.05, 4.69) is 15.6 Å². The highest BCUT2D eigenvalue weighted by atomic mass is 35.5. The van der Waals surface area contributed by atoms with Gasteiger partial charge in [0.15, 0.2) is 0 Å². The molecule has 1 rings (SSSR count). The van der Waals surface area contributed by atoms with Gasteiger partial charge in [-0.05, 0) is 100 Å². The van der Waals surface area contributed by atoms with Gasteiger partial charge in [-0.15, -0.1) is 0 Å². The standard InChI is InChI=1S/C31H52ClN5O7/c1-29(2,3)42-26(39)34-17-13-21-37(28(41)44-31(7,8)9)19-11-10-18-36(27(40)43-30(4,5)6)20-12-16-33-25(38)23-14-15-24(32)35-22-23/h14-15,22H,10-13,16-21H2,1-9H3,(H,33,38)(H,34,39). The van der Waals surface area contributed by atoms with Crippen LogP contribution >= 0.6 is 11.6 Å². The number of unbranched alkanes of at least 4 members (excludes halogenated alkanes) is 1. The van der Waals surface area contributed by atoms with Crippen molar-refractivity contribution < 1.29 is 33.4 Å². The van der Waals surface area contributed by atoms with E-state index in [4.69, 9.17) is 25.8 Å². The summed E-state index contributed by atoms with van der Waals surface area (Å²) in [7, 11) is 0. The Bertz CT molecular complexity index is 1060. The van der Waals surface area contributed by atoms with Crippen molar-refractivity contribution in [1.29, 1.82) is 0 Å². The highest BCUT2D eigenvalue weighted by molar-refractivity contribution is 6.29. The Morgan fingerprint density at radius 2 is 1.11 bits per heavy atom. The van der Waals surface area contributed by atoms with Crippen LogP contribution in [0.2, 0.25) is 5.15 Å². The first kappa shape index (κ1) is 38.7. The van der Waals surface area contributed by atoms with Crippen molar-refractivity contribution in [3.05, 3.63) is 29.0 Å². The fraction of sp³-hybridized carbons (Fsp3) is 0.710. The number of alkyl carbamates (subject to hydrolysis) is 1. The maximum atomic E-state index is 12.9. The first-order valence-electron chi connectivity index (χ1n) is 15.1. The number of nitrogens with zero attached hydrogens (tertiary/aromatic N) is 3. The van der Waals surface area contributed by atoms with E-state index in [1.54, 1.807) is 84.2 Å². The number of amides is 4. The first-order valence-corrected chi connectivity index (χ1v) is 15.5. The third-order valence-electron chi connectivity index (χ3n) is 5.56. The fourth-order valence-electron chi connectivity index (χ4n) is 3.71. The summed E-state index contributed by atoms with van der Waals surface area (Å²) in [6.07, 6.45) is 2.26. The highest BCUT2D eigenvalue weighted by Gasteiger charge is 2.24. The third-order valence-corrected chi connectivity index (χ3v) is 5.79. The molecule has 0 aliphatic carbocycles. The quantitative estimate of drug-likeness (QED) is 0.143. The highest BCUT2D eigenvalue weighted by Crippen LogP contribution is 2.14. The van der Waals surface area contributed by atoms with Crippen molar-refractivity contribution in [2.45, 2.75) is 105 Å². The van der Waals surface area contributed by atoms with Crippen molar-refractivity contribution in [3.63, 3.8) is 0 Å². The molecule has 0 bridgehead atoms. The first-order chi connectivity index (χ1) is 20.3. The summed E-state index contributed by atoms with van der Waals surface area (Å²) in [5, 5.41) is 5.83. The van der Waals surface area contributed by atoms with Gasteiger partial charge in [-0.25, -0.2) is 19.4 Å². The minimum atomic E-state index is -0.661. The van der Waals surface area contributed by atoms with Gasteiger partial charge in [0.1, 0.15) is 22.0 Å². The molecule has 250 valence electrons. The molecule has 12 nitrogen and oxygen atoms in total. The number of hydrogen-bond acceptors (Lipinski definition) is 8. The number of pyridine rings is 1. The van der Waals surface area contributed by atoms with Gasteiger partial charge in [-0.2, -0.15) is 0 Å². The molecule has 0 atom stereocenters. The second-order valence-corrected chi connectivity index (χ2v) is 13.8. The Morgan fingerprint density at radius 3 is 1.52 bits per heavy atom. The van der Waals surface area contributed by atoms with E-state index in [1.165, 1.54) is 6.20 Å². The number of ether oxygens (including phenoxy) is 3. The van der Waals surface area contributed by atoms with Gasteiger partial charge in [0.05, 0.1) is 5.56 Å². The van der Waals surface area contributed by atoms with E-state index in [1.807, 2.05) is 0 Å². The molecule has 1 aromatic heterocycles. The molecule has 2 N–H and O–H groups in total. The maximum absolute atomic E-state index is 12.9. The van der Waals surface area contributed by atoms with E-state index >= 15 is 0 Å². The lowest BCUT2D eigenvalue weighted by atomic mass is 10.2. The summed E-state index contributed by atoms with van der Waals surface area (Å²) in [4.78, 5) is 57.2. The molecular weight excluding hydrogens is 590 g/mol. The molecule has 44 heavy (non-hydrogen) atoms. The number of rotatable bonds is 14. The molecule has 0 aliphatic rings. The van der Waals surface area contributed by atoms with Crippen LogP contribution in [0.5, 0.6) is 0 Å². The van der Waals surface area contributed by atoms with Crippen molar-refractivity contribution in [3.8, 4) is 0 Å². The third kappa shape index (κ3) is 18.4. The minimum absolute atomic E-state index is 0.276. The Hall–Kier alpha value is -3.28. The van der Waals surface area contributed by atoms with Crippen molar-refractivity contribution in [2.75, 3.05) is 39.3 Å². The second-order valence-electron chi connectivity index (χ2n) is 13.4. The lowest BCUT2D eigenvalue weighted by Crippen LogP contribution is -2.40. The van der Waals surface area contributed by atoms with E-state index in [9.17, 15) is 19.2 Å². The largest absolute Gasteiger partial charge is 0.444 e. The molecule has 0 aliphatic heterocycles. The second kappa shape index (κ2) is 17.9. The fourth-order valence-corrected chi connectivity index (χ4v) is 3.82. The smallest absolute Gasteiger partial charge is 0.410 e. The van der Waals surface area contributed by atoms with Crippen LogP contribution in [0.25, 0.3) is 0 Å². The molecule has 0 radical (unpaired) electrons. The summed E-state index contributed by atoms with van der Waals surface area (Å²) in [5.41, 5.74) is -1.51. The molecule has 0 fully saturated rings. The molecule has 0 saturated heterocycles. The van der Waals surface area contributed by atoms with Gasteiger partial charge in [0, 0.05) is 45.5 Å². The SMILES string of the molecule is CC(C)(C)OC(=O)NCCCN(CCCCN(CCCNC(=O)c1ccc(Cl)nc1)C(=O)OC(C)(C)C)C(=O)OC(C)(C)C. The summed E-state index contributed by atoms with van der Waals surface area (Å²) in [5.74, 6) is -0.276. The lowest BCUT2D eigenvalue weighted by molar-refractivity contribution is 0.0207. The van der Waals surface area contributed by atoms with Crippen LogP contribution in [-0.4, -0.2) is 95.0 Å². The molecule has 1 aromatic rings. The summed E-state index contributed by atoms with van der Waals surface area (Å²) >= 11 is 5.78. The predicted octanol–water partition coefficient (Wildman–Crippen LogP) is 6.02. The number of carbonyl (C=O) groups is 4. The van der Waals surface area contributed by atoms with Gasteiger partial charge < -0.3 is 34.6 Å². The molecule has 13 heteroatoms. The molecule has 0 aromatic carbocycles. The molecular formula is C31H52ClN5O7. The number of aromatic nitrogens is 1. The van der Waals surface area contributed by atoms with Gasteiger partial charge in [0.25, 0.3) is 5.91 Å². The molecule has 0 unspecified atom stereocenters. The van der Waals surface area contributed by atoms with E-state index < -0.39 is 35.1 Å². The Kier molecular flexibility index (Phi) is 15.7. The van der Waals surface area contributed by atoms with Crippen LogP contribution in [0.1, 0.15) is 98.4 Å². The van der Waals surface area contributed by atoms with Crippen LogP contribution in [0.3, 0.4) is 0 Å². The predicted molar refractivity (Wildman–Crippen MR) is 170 cm³/mol. The van der Waals surface area contributed by atoms with Crippen molar-refractivity contribution in [1.82, 2.24) is 25.4 Å². The van der Waals surface area contributed by atoms with Gasteiger partial charge in [-0.1, -0.05) is 11.6 Å². The van der Waals surface area contributed by atoms with Crippen LogP contribution in [0.4, 0.5) is 14.4 Å². The monoisotopic (exact) mass is 641 g/mol. The number of halogens is 1. The van der Waals surface area contributed by atoms with E-state index in [0.717, 1.165) is 0 Å². The summed E-state index contributed by atoms with van der Waals surface area (Å²) in [6.45, 7) is 18.5. The summed E-state index contributed by atoms with van der Waals surface area (Å²) in [6, 6.07) is 3.14. The van der Waals surface area contributed by atoms with Crippen LogP contribution < -0.4 is 10.6 Å². The van der Waals surface area contributed by atoms with Crippen molar-refractivity contribution in [2.24, 2.45) is 0 Å². The normalized spacial score (nSPS) is 11.8. The number of carbonyl (C=O) groups excluding carboxylic acids is 4. The zero-order valence-corrected chi connectivity index (χ0v) is 28.6. The average molecular weight is 642 g/mol. The Labute approximate surface area is 267 Å². The number of nitrogens with one attached hydrogen (secondary N) is 2. The van der Waals surface area contributed by atoms with Crippen LogP contribution in [0.15, 0.2) is 18.3 Å². The van der Waals surface area contributed by atoms with E-state index in [-0.39, 0.29) is 5.91 Å². The molecule has 0 saturated carbocycles. The lowest BCUT2D eigenvalue weighted by Gasteiger charge is -2.29. The zero-order valence-electron chi connectivity index (χ0n) is 27.9. The minimum Gasteiger partial charge on any atom is -0.444 e. The van der Waals surface area contributed by atoms with Gasteiger partial charge in [0.2, 0.25) is 0 Å². The zero-order chi connectivity index (χ0) is 33.6. The topological polar surface area (TPSA) is 139 Å². The van der Waals surface area contributed by atoms with Crippen LogP contribution in [-0.2, 0) is 14.2 Å². The van der Waals surface area contributed by atoms with Crippen LogP contribution in [0, 0.1) is 0 Å². The molecule has 4 amide bonds. The average Bonchev–Trinajstić information content (AvgIpc) is 2.85.